The van der Waals surface area contributed by atoms with Crippen molar-refractivity contribution >= 4 is 35.3 Å². The Morgan fingerprint density at radius 3 is 2.52 bits per heavy atom. The lowest BCUT2D eigenvalue weighted by atomic mass is 9.91. The average Bonchev–Trinajstić information content (AvgIpc) is 3.54. The number of rotatable bonds is 15. The molecule has 10 heteroatoms. The summed E-state index contributed by atoms with van der Waals surface area (Å²) >= 11 is 3.54. The van der Waals surface area contributed by atoms with E-state index in [9.17, 15) is 9.59 Å². The van der Waals surface area contributed by atoms with E-state index in [0.717, 1.165) is 54.6 Å². The van der Waals surface area contributed by atoms with Crippen LogP contribution in [0.15, 0.2) is 54.6 Å². The van der Waals surface area contributed by atoms with Crippen molar-refractivity contribution in [3.05, 3.63) is 60.2 Å². The Labute approximate surface area is 270 Å². The largest absolute Gasteiger partial charge is 0.457 e. The summed E-state index contributed by atoms with van der Waals surface area (Å²) in [5, 5.41) is 6.20. The molecule has 2 saturated heterocycles. The summed E-state index contributed by atoms with van der Waals surface area (Å²) in [4.78, 5) is 29.2. The molecule has 0 bridgehead atoms. The van der Waals surface area contributed by atoms with Gasteiger partial charge in [0.15, 0.2) is 6.29 Å². The van der Waals surface area contributed by atoms with Crippen molar-refractivity contribution in [3.63, 3.8) is 0 Å². The molecule has 0 radical (unpaired) electrons. The molecular weight excluding hydrogens is 595 g/mol. The van der Waals surface area contributed by atoms with Gasteiger partial charge in [0, 0.05) is 37.1 Å². The van der Waals surface area contributed by atoms with Crippen LogP contribution >= 0.6 is 23.5 Å². The van der Waals surface area contributed by atoms with Gasteiger partial charge in [-0.25, -0.2) is 0 Å². The van der Waals surface area contributed by atoms with E-state index in [2.05, 4.69) is 15.5 Å². The van der Waals surface area contributed by atoms with E-state index >= 15 is 0 Å². The Morgan fingerprint density at radius 2 is 1.75 bits per heavy atom. The van der Waals surface area contributed by atoms with Gasteiger partial charge in [0.05, 0.1) is 12.6 Å². The Balaban J connectivity index is 1.13. The molecule has 8 nitrogen and oxygen atoms in total. The van der Waals surface area contributed by atoms with Crippen LogP contribution in [0.2, 0.25) is 0 Å². The molecule has 3 atom stereocenters. The Kier molecular flexibility index (Phi) is 13.6. The zero-order valence-electron chi connectivity index (χ0n) is 25.6. The molecule has 1 aliphatic carbocycles. The van der Waals surface area contributed by atoms with Crippen LogP contribution < -0.4 is 15.4 Å². The van der Waals surface area contributed by atoms with E-state index in [-0.39, 0.29) is 24.1 Å². The molecular formula is C34H47N3O5S2. The first-order valence-corrected chi connectivity index (χ1v) is 18.5. The summed E-state index contributed by atoms with van der Waals surface area (Å²) in [6, 6.07) is 16.5. The highest BCUT2D eigenvalue weighted by molar-refractivity contribution is 7.99. The Hall–Kier alpha value is -2.24. The summed E-state index contributed by atoms with van der Waals surface area (Å²) in [5.74, 6) is 5.11. The first-order chi connectivity index (χ1) is 21.6. The van der Waals surface area contributed by atoms with Crippen LogP contribution in [0, 0.1) is 5.92 Å². The number of carbonyl (C=O) groups is 2. The van der Waals surface area contributed by atoms with Crippen LogP contribution in [-0.4, -0.2) is 78.0 Å². The predicted molar refractivity (Wildman–Crippen MR) is 178 cm³/mol. The summed E-state index contributed by atoms with van der Waals surface area (Å²) in [5.41, 5.74) is 0.971. The molecule has 1 saturated carbocycles. The lowest BCUT2D eigenvalue weighted by Crippen LogP contribution is -2.54. The number of thioether (sulfide) groups is 2. The van der Waals surface area contributed by atoms with Crippen molar-refractivity contribution in [3.8, 4) is 11.5 Å². The van der Waals surface area contributed by atoms with Gasteiger partial charge < -0.3 is 24.8 Å². The highest BCUT2D eigenvalue weighted by Gasteiger charge is 2.33. The third kappa shape index (κ3) is 10.7. The zero-order valence-corrected chi connectivity index (χ0v) is 27.3. The molecule has 44 heavy (non-hydrogen) atoms. The van der Waals surface area contributed by atoms with Crippen molar-refractivity contribution in [2.75, 3.05) is 42.9 Å². The van der Waals surface area contributed by atoms with Gasteiger partial charge in [-0.2, -0.15) is 11.8 Å². The van der Waals surface area contributed by atoms with Crippen LogP contribution in [0.25, 0.3) is 0 Å². The van der Waals surface area contributed by atoms with E-state index in [1.165, 1.54) is 32.1 Å². The number of hydrogen-bond acceptors (Lipinski definition) is 8. The molecule has 3 unspecified atom stereocenters. The molecule has 3 aliphatic rings. The number of benzene rings is 2. The van der Waals surface area contributed by atoms with Crippen molar-refractivity contribution in [1.29, 1.82) is 0 Å². The first kappa shape index (κ1) is 33.1. The number of para-hydroxylation sites is 1. The maximum absolute atomic E-state index is 13.5. The fourth-order valence-corrected chi connectivity index (χ4v) is 8.36. The number of hydrogen-bond donors (Lipinski definition) is 2. The van der Waals surface area contributed by atoms with Crippen molar-refractivity contribution in [2.45, 2.75) is 76.3 Å². The molecule has 5 rings (SSSR count). The van der Waals surface area contributed by atoms with Gasteiger partial charge in [-0.05, 0) is 73.6 Å². The maximum atomic E-state index is 13.5. The van der Waals surface area contributed by atoms with Crippen LogP contribution in [-0.2, 0) is 25.6 Å². The Morgan fingerprint density at radius 1 is 0.977 bits per heavy atom. The quantitative estimate of drug-likeness (QED) is 0.252. The van der Waals surface area contributed by atoms with Gasteiger partial charge in [0.1, 0.15) is 17.5 Å². The molecule has 240 valence electrons. The minimum Gasteiger partial charge on any atom is -0.457 e. The van der Waals surface area contributed by atoms with Crippen LogP contribution in [0.4, 0.5) is 0 Å². The normalized spacial score (nSPS) is 21.9. The summed E-state index contributed by atoms with van der Waals surface area (Å²) in [6.45, 7) is 2.34. The number of carbonyl (C=O) groups excluding carboxylic acids is 2. The standard InChI is InChI=1S/C34H47N3O5S2/c38-33(35-21-26-14-16-29(17-15-26)42-28-11-5-2-6-12-28)30(23-43-22-27-9-3-1-4-10-27)36-34(39)31-24-44-25-37(31)18-20-41-32-13-7-8-19-40-32/h2,5-6,11-12,14-17,27,30-32H,1,3-4,7-10,13,18-25H2,(H,35,38)(H,36,39). The minimum atomic E-state index is -0.587. The number of nitrogens with zero attached hydrogens (tertiary/aromatic N) is 1. The summed E-state index contributed by atoms with van der Waals surface area (Å²) in [6.07, 6.45) is 9.48. The molecule has 2 N–H and O–H groups in total. The molecule has 2 aromatic rings. The highest BCUT2D eigenvalue weighted by atomic mass is 32.2. The van der Waals surface area contributed by atoms with Gasteiger partial charge in [0.25, 0.3) is 0 Å². The molecule has 2 aliphatic heterocycles. The van der Waals surface area contributed by atoms with Crippen molar-refractivity contribution in [2.24, 2.45) is 5.92 Å². The summed E-state index contributed by atoms with van der Waals surface area (Å²) in [7, 11) is 0. The number of nitrogens with one attached hydrogen (secondary N) is 2. The van der Waals surface area contributed by atoms with Gasteiger partial charge >= 0.3 is 0 Å². The number of amides is 2. The molecule has 2 heterocycles. The van der Waals surface area contributed by atoms with E-state index in [1.54, 1.807) is 23.5 Å². The van der Waals surface area contributed by atoms with Crippen LogP contribution in [0.1, 0.15) is 56.9 Å². The molecule has 0 spiro atoms. The SMILES string of the molecule is O=C(NCc1ccc(Oc2ccccc2)cc1)C(CSCC1CCCCC1)NC(=O)C1CSCN1CCOC1CCCCO1. The molecule has 2 amide bonds. The topological polar surface area (TPSA) is 89.1 Å². The fourth-order valence-electron chi connectivity index (χ4n) is 5.85. The van der Waals surface area contributed by atoms with Crippen LogP contribution in [0.3, 0.4) is 0 Å². The third-order valence-electron chi connectivity index (χ3n) is 8.46. The average molecular weight is 642 g/mol. The van der Waals surface area contributed by atoms with E-state index in [4.69, 9.17) is 14.2 Å². The lowest BCUT2D eigenvalue weighted by Gasteiger charge is -2.27. The molecule has 0 aromatic heterocycles. The second-order valence-corrected chi connectivity index (χ2v) is 13.9. The van der Waals surface area contributed by atoms with Gasteiger partial charge in [-0.3, -0.25) is 14.5 Å². The monoisotopic (exact) mass is 641 g/mol. The second-order valence-electron chi connectivity index (χ2n) is 11.9. The van der Waals surface area contributed by atoms with Gasteiger partial charge in [0.2, 0.25) is 11.8 Å². The molecule has 2 aromatic carbocycles. The highest BCUT2D eigenvalue weighted by Crippen LogP contribution is 2.27. The minimum absolute atomic E-state index is 0.0789. The summed E-state index contributed by atoms with van der Waals surface area (Å²) < 4.78 is 17.5. The van der Waals surface area contributed by atoms with Crippen molar-refractivity contribution in [1.82, 2.24) is 15.5 Å². The van der Waals surface area contributed by atoms with E-state index < -0.39 is 6.04 Å². The fraction of sp³-hybridized carbons (Fsp3) is 0.588. The number of ether oxygens (including phenoxy) is 3. The zero-order chi connectivity index (χ0) is 30.4. The van der Waals surface area contributed by atoms with Crippen molar-refractivity contribution < 1.29 is 23.8 Å². The lowest BCUT2D eigenvalue weighted by molar-refractivity contribution is -0.164. The molecule has 3 fully saturated rings. The predicted octanol–water partition coefficient (Wildman–Crippen LogP) is 5.81. The van der Waals surface area contributed by atoms with E-state index in [1.807, 2.05) is 54.6 Å². The third-order valence-corrected chi connectivity index (χ3v) is 10.8. The van der Waals surface area contributed by atoms with Gasteiger partial charge in [-0.1, -0.05) is 49.6 Å². The second kappa shape index (κ2) is 18.0. The first-order valence-electron chi connectivity index (χ1n) is 16.2. The van der Waals surface area contributed by atoms with Crippen LogP contribution in [0.5, 0.6) is 11.5 Å². The van der Waals surface area contributed by atoms with Gasteiger partial charge in [-0.15, -0.1) is 11.8 Å². The smallest absolute Gasteiger partial charge is 0.243 e. The van der Waals surface area contributed by atoms with E-state index in [0.29, 0.717) is 37.1 Å². The Bertz CT molecular complexity index is 1140. The maximum Gasteiger partial charge on any atom is 0.243 e.